The standard InChI is InChI=1S/C10H17N3O2/c1-7(2)10-9(6-14)11-12-13(10)5-4-8(3)15/h6-8,15H,4-5H2,1-3H3. The van der Waals surface area contributed by atoms with Gasteiger partial charge >= 0.3 is 0 Å². The Hall–Kier alpha value is -1.23. The molecule has 0 fully saturated rings. The fraction of sp³-hybridized carbons (Fsp3) is 0.700. The maximum absolute atomic E-state index is 10.7. The van der Waals surface area contributed by atoms with E-state index in [1.807, 2.05) is 13.8 Å². The van der Waals surface area contributed by atoms with E-state index in [1.54, 1.807) is 11.6 Å². The van der Waals surface area contributed by atoms with Crippen LogP contribution in [0.5, 0.6) is 0 Å². The Labute approximate surface area is 89.1 Å². The number of aldehydes is 1. The van der Waals surface area contributed by atoms with Gasteiger partial charge in [-0.15, -0.1) is 5.10 Å². The fourth-order valence-corrected chi connectivity index (χ4v) is 1.49. The summed E-state index contributed by atoms with van der Waals surface area (Å²) in [5.41, 5.74) is 1.24. The predicted octanol–water partition coefficient (Wildman–Crippen LogP) is 0.985. The van der Waals surface area contributed by atoms with E-state index in [0.29, 0.717) is 18.7 Å². The van der Waals surface area contributed by atoms with E-state index in [9.17, 15) is 9.90 Å². The smallest absolute Gasteiger partial charge is 0.172 e. The minimum atomic E-state index is -0.367. The molecule has 1 atom stereocenters. The number of rotatable bonds is 5. The minimum Gasteiger partial charge on any atom is -0.393 e. The maximum atomic E-state index is 10.7. The van der Waals surface area contributed by atoms with Crippen molar-refractivity contribution >= 4 is 6.29 Å². The van der Waals surface area contributed by atoms with Gasteiger partial charge in [0, 0.05) is 6.54 Å². The molecule has 84 valence electrons. The Morgan fingerprint density at radius 2 is 2.13 bits per heavy atom. The molecule has 0 aliphatic rings. The molecule has 0 bridgehead atoms. The Morgan fingerprint density at radius 1 is 1.47 bits per heavy atom. The highest BCUT2D eigenvalue weighted by atomic mass is 16.3. The van der Waals surface area contributed by atoms with Crippen molar-refractivity contribution in [3.05, 3.63) is 11.4 Å². The number of carbonyl (C=O) groups is 1. The Morgan fingerprint density at radius 3 is 2.60 bits per heavy atom. The number of aryl methyl sites for hydroxylation is 1. The number of aliphatic hydroxyl groups is 1. The van der Waals surface area contributed by atoms with Gasteiger partial charge in [0.15, 0.2) is 6.29 Å². The highest BCUT2D eigenvalue weighted by molar-refractivity contribution is 5.73. The lowest BCUT2D eigenvalue weighted by molar-refractivity contribution is 0.111. The van der Waals surface area contributed by atoms with Gasteiger partial charge < -0.3 is 5.11 Å². The predicted molar refractivity (Wildman–Crippen MR) is 55.8 cm³/mol. The van der Waals surface area contributed by atoms with Gasteiger partial charge in [-0.05, 0) is 19.3 Å². The Bertz CT molecular complexity index is 331. The highest BCUT2D eigenvalue weighted by Crippen LogP contribution is 2.16. The first-order valence-corrected chi connectivity index (χ1v) is 5.12. The second-order valence-electron chi connectivity index (χ2n) is 3.99. The van der Waals surface area contributed by atoms with Crippen molar-refractivity contribution in [1.82, 2.24) is 15.0 Å². The van der Waals surface area contributed by atoms with E-state index >= 15 is 0 Å². The van der Waals surface area contributed by atoms with E-state index < -0.39 is 0 Å². The van der Waals surface area contributed by atoms with Gasteiger partial charge in [0.05, 0.1) is 11.8 Å². The van der Waals surface area contributed by atoms with Crippen LogP contribution in [-0.4, -0.2) is 32.5 Å². The minimum absolute atomic E-state index is 0.203. The van der Waals surface area contributed by atoms with E-state index in [2.05, 4.69) is 10.3 Å². The summed E-state index contributed by atoms with van der Waals surface area (Å²) in [6.07, 6.45) is 0.969. The molecule has 0 aromatic carbocycles. The molecule has 0 saturated heterocycles. The first-order chi connectivity index (χ1) is 7.06. The molecule has 1 aromatic rings. The van der Waals surface area contributed by atoms with Crippen molar-refractivity contribution in [3.8, 4) is 0 Å². The second kappa shape index (κ2) is 5.02. The summed E-state index contributed by atoms with van der Waals surface area (Å²) in [6.45, 7) is 6.30. The molecule has 0 aliphatic heterocycles. The van der Waals surface area contributed by atoms with Crippen molar-refractivity contribution in [2.24, 2.45) is 0 Å². The largest absolute Gasteiger partial charge is 0.393 e. The monoisotopic (exact) mass is 211 g/mol. The Kier molecular flexibility index (Phi) is 3.96. The fourth-order valence-electron chi connectivity index (χ4n) is 1.49. The first-order valence-electron chi connectivity index (χ1n) is 5.12. The van der Waals surface area contributed by atoms with Gasteiger partial charge in [0.2, 0.25) is 0 Å². The number of carbonyl (C=O) groups excluding carboxylic acids is 1. The normalized spacial score (nSPS) is 13.1. The summed E-state index contributed by atoms with van der Waals surface area (Å²) in [5, 5.41) is 16.9. The lowest BCUT2D eigenvalue weighted by atomic mass is 10.1. The van der Waals surface area contributed by atoms with Crippen LogP contribution in [0, 0.1) is 0 Å². The molecule has 0 radical (unpaired) electrons. The average molecular weight is 211 g/mol. The van der Waals surface area contributed by atoms with Gasteiger partial charge in [-0.3, -0.25) is 4.79 Å². The molecular weight excluding hydrogens is 194 g/mol. The zero-order valence-electron chi connectivity index (χ0n) is 9.34. The molecule has 1 N–H and O–H groups in total. The molecule has 5 nitrogen and oxygen atoms in total. The topological polar surface area (TPSA) is 68.0 Å². The summed E-state index contributed by atoms with van der Waals surface area (Å²) in [7, 11) is 0. The SMILES string of the molecule is CC(O)CCn1nnc(C=O)c1C(C)C. The van der Waals surface area contributed by atoms with Crippen molar-refractivity contribution in [1.29, 1.82) is 0 Å². The average Bonchev–Trinajstić information content (AvgIpc) is 2.57. The summed E-state index contributed by atoms with van der Waals surface area (Å²) < 4.78 is 1.70. The summed E-state index contributed by atoms with van der Waals surface area (Å²) in [4.78, 5) is 10.7. The van der Waals surface area contributed by atoms with Crippen molar-refractivity contribution < 1.29 is 9.90 Å². The van der Waals surface area contributed by atoms with Crippen molar-refractivity contribution in [2.45, 2.75) is 45.8 Å². The first kappa shape index (κ1) is 11.8. The zero-order valence-corrected chi connectivity index (χ0v) is 9.34. The lowest BCUT2D eigenvalue weighted by Crippen LogP contribution is -2.12. The number of aromatic nitrogens is 3. The molecule has 0 saturated carbocycles. The van der Waals surface area contributed by atoms with Gasteiger partial charge in [-0.25, -0.2) is 4.68 Å². The van der Waals surface area contributed by atoms with Gasteiger partial charge in [0.1, 0.15) is 5.69 Å². The van der Waals surface area contributed by atoms with E-state index in [4.69, 9.17) is 0 Å². The third kappa shape index (κ3) is 2.86. The summed E-state index contributed by atoms with van der Waals surface area (Å²) >= 11 is 0. The zero-order chi connectivity index (χ0) is 11.4. The summed E-state index contributed by atoms with van der Waals surface area (Å²) in [5.74, 6) is 0.203. The molecule has 1 aromatic heterocycles. The van der Waals surface area contributed by atoms with Crippen LogP contribution >= 0.6 is 0 Å². The van der Waals surface area contributed by atoms with Crippen LogP contribution in [0.15, 0.2) is 0 Å². The molecule has 1 unspecified atom stereocenters. The molecule has 0 aliphatic carbocycles. The van der Waals surface area contributed by atoms with Gasteiger partial charge in [-0.1, -0.05) is 19.1 Å². The molecule has 0 amide bonds. The van der Waals surface area contributed by atoms with Crippen LogP contribution in [0.25, 0.3) is 0 Å². The van der Waals surface area contributed by atoms with Crippen LogP contribution in [0.4, 0.5) is 0 Å². The van der Waals surface area contributed by atoms with E-state index in [1.165, 1.54) is 0 Å². The Balaban J connectivity index is 2.87. The summed E-state index contributed by atoms with van der Waals surface area (Å²) in [6, 6.07) is 0. The molecular formula is C10H17N3O2. The second-order valence-corrected chi connectivity index (χ2v) is 3.99. The lowest BCUT2D eigenvalue weighted by Gasteiger charge is -2.10. The molecule has 5 heteroatoms. The molecule has 1 rings (SSSR count). The molecule has 0 spiro atoms. The van der Waals surface area contributed by atoms with Crippen molar-refractivity contribution in [2.75, 3.05) is 0 Å². The van der Waals surface area contributed by atoms with Crippen LogP contribution in [0.1, 0.15) is 49.3 Å². The quantitative estimate of drug-likeness (QED) is 0.737. The van der Waals surface area contributed by atoms with Gasteiger partial charge in [0.25, 0.3) is 0 Å². The number of aliphatic hydroxyl groups excluding tert-OH is 1. The highest BCUT2D eigenvalue weighted by Gasteiger charge is 2.15. The maximum Gasteiger partial charge on any atom is 0.172 e. The number of hydrogen-bond donors (Lipinski definition) is 1. The van der Waals surface area contributed by atoms with E-state index in [-0.39, 0.29) is 12.0 Å². The van der Waals surface area contributed by atoms with E-state index in [0.717, 1.165) is 12.0 Å². The number of hydrogen-bond acceptors (Lipinski definition) is 4. The molecule has 1 heterocycles. The van der Waals surface area contributed by atoms with Crippen LogP contribution in [-0.2, 0) is 6.54 Å². The van der Waals surface area contributed by atoms with Crippen LogP contribution < -0.4 is 0 Å². The van der Waals surface area contributed by atoms with Gasteiger partial charge in [-0.2, -0.15) is 0 Å². The third-order valence-electron chi connectivity index (χ3n) is 2.22. The third-order valence-corrected chi connectivity index (χ3v) is 2.22. The number of nitrogens with zero attached hydrogens (tertiary/aromatic N) is 3. The van der Waals surface area contributed by atoms with Crippen molar-refractivity contribution in [3.63, 3.8) is 0 Å². The molecule has 15 heavy (non-hydrogen) atoms. The van der Waals surface area contributed by atoms with Crippen LogP contribution in [0.2, 0.25) is 0 Å². The van der Waals surface area contributed by atoms with Crippen LogP contribution in [0.3, 0.4) is 0 Å².